The largest absolute Gasteiger partial charge is 0.505 e. The van der Waals surface area contributed by atoms with E-state index in [1.54, 1.807) is 0 Å². The normalized spacial score (nSPS) is 10.5. The fourth-order valence-electron chi connectivity index (χ4n) is 0.946. The van der Waals surface area contributed by atoms with Gasteiger partial charge in [0.2, 0.25) is 0 Å². The lowest BCUT2D eigenvalue weighted by atomic mass is 10.2. The van der Waals surface area contributed by atoms with Crippen molar-refractivity contribution in [3.05, 3.63) is 23.3 Å². The Balaban J connectivity index is 3.35. The van der Waals surface area contributed by atoms with Crippen molar-refractivity contribution in [1.29, 1.82) is 0 Å². The van der Waals surface area contributed by atoms with E-state index in [-0.39, 0.29) is 0 Å². The summed E-state index contributed by atoms with van der Waals surface area (Å²) < 4.78 is 41.5. The second-order valence-corrected chi connectivity index (χ2v) is 2.51. The van der Waals surface area contributed by atoms with Crippen molar-refractivity contribution in [3.8, 4) is 5.75 Å². The summed E-state index contributed by atoms with van der Waals surface area (Å²) >= 11 is 0. The maximum Gasteiger partial charge on any atom is 0.360 e. The Bertz CT molecular complexity index is 395. The van der Waals surface area contributed by atoms with Crippen LogP contribution in [0.25, 0.3) is 0 Å². The number of aromatic nitrogens is 1. The summed E-state index contributed by atoms with van der Waals surface area (Å²) in [7, 11) is 0.981. The summed E-state index contributed by atoms with van der Waals surface area (Å²) in [5.74, 6) is -3.69. The predicted octanol–water partition coefficient (Wildman–Crippen LogP) is 1.65. The van der Waals surface area contributed by atoms with Crippen LogP contribution in [0.5, 0.6) is 5.75 Å². The molecule has 1 rings (SSSR count). The Morgan fingerprint density at radius 3 is 2.67 bits per heavy atom. The van der Waals surface area contributed by atoms with Gasteiger partial charge in [0, 0.05) is 0 Å². The number of carbonyl (C=O) groups excluding carboxylic acids is 1. The number of pyridine rings is 1. The fourth-order valence-corrected chi connectivity index (χ4v) is 0.946. The smallest absolute Gasteiger partial charge is 0.360 e. The van der Waals surface area contributed by atoms with Gasteiger partial charge in [-0.3, -0.25) is 0 Å². The van der Waals surface area contributed by atoms with Crippen LogP contribution >= 0.6 is 0 Å². The first-order valence-electron chi connectivity index (χ1n) is 3.72. The lowest BCUT2D eigenvalue weighted by Crippen LogP contribution is -2.07. The number of methoxy groups -OCH3 is 1. The first-order valence-corrected chi connectivity index (χ1v) is 3.72. The molecule has 4 nitrogen and oxygen atoms in total. The Morgan fingerprint density at radius 2 is 2.20 bits per heavy atom. The molecule has 7 heteroatoms. The summed E-state index contributed by atoms with van der Waals surface area (Å²) in [5.41, 5.74) is -2.00. The molecule has 0 amide bonds. The number of nitrogens with zero attached hydrogens (tertiary/aromatic N) is 1. The van der Waals surface area contributed by atoms with E-state index in [0.717, 1.165) is 7.11 Å². The molecule has 15 heavy (non-hydrogen) atoms. The molecular formula is C8H6F3NO3. The van der Waals surface area contributed by atoms with Gasteiger partial charge in [0.25, 0.3) is 6.43 Å². The first-order chi connectivity index (χ1) is 6.99. The summed E-state index contributed by atoms with van der Waals surface area (Å²) in [6.07, 6.45) is -2.82. The number of halogens is 3. The molecule has 1 aromatic rings. The van der Waals surface area contributed by atoms with Gasteiger partial charge in [0.15, 0.2) is 17.3 Å². The van der Waals surface area contributed by atoms with Gasteiger partial charge in [0.05, 0.1) is 18.9 Å². The summed E-state index contributed by atoms with van der Waals surface area (Å²) in [5, 5.41) is 9.16. The molecule has 0 aliphatic rings. The molecule has 1 aromatic heterocycles. The van der Waals surface area contributed by atoms with E-state index in [1.807, 2.05) is 0 Å². The van der Waals surface area contributed by atoms with Crippen LogP contribution in [-0.4, -0.2) is 23.2 Å². The molecule has 0 aliphatic carbocycles. The maximum absolute atomic E-state index is 12.8. The van der Waals surface area contributed by atoms with E-state index in [9.17, 15) is 18.0 Å². The number of rotatable bonds is 2. The van der Waals surface area contributed by atoms with Crippen molar-refractivity contribution in [3.63, 3.8) is 0 Å². The van der Waals surface area contributed by atoms with Crippen LogP contribution in [-0.2, 0) is 4.74 Å². The van der Waals surface area contributed by atoms with Crippen LogP contribution in [0.2, 0.25) is 0 Å². The molecule has 82 valence electrons. The van der Waals surface area contributed by atoms with Crippen LogP contribution in [0, 0.1) is 5.82 Å². The Labute approximate surface area is 82.3 Å². The molecule has 0 saturated carbocycles. The van der Waals surface area contributed by atoms with Gasteiger partial charge in [0.1, 0.15) is 0 Å². The molecule has 0 atom stereocenters. The molecule has 0 spiro atoms. The number of hydrogen-bond acceptors (Lipinski definition) is 4. The highest BCUT2D eigenvalue weighted by molar-refractivity contribution is 5.90. The number of ether oxygens (including phenoxy) is 1. The summed E-state index contributed by atoms with van der Waals surface area (Å²) in [6, 6.07) is 0. The molecule has 0 bridgehead atoms. The minimum atomic E-state index is -3.24. The van der Waals surface area contributed by atoms with E-state index in [2.05, 4.69) is 9.72 Å². The molecule has 0 unspecified atom stereocenters. The van der Waals surface area contributed by atoms with Crippen molar-refractivity contribution in [2.45, 2.75) is 6.43 Å². The fraction of sp³-hybridized carbons (Fsp3) is 0.250. The Kier molecular flexibility index (Phi) is 3.13. The number of aromatic hydroxyl groups is 1. The highest BCUT2D eigenvalue weighted by Gasteiger charge is 2.25. The van der Waals surface area contributed by atoms with Crippen molar-refractivity contribution in [2.24, 2.45) is 0 Å². The van der Waals surface area contributed by atoms with Crippen LogP contribution in [0.4, 0.5) is 13.2 Å². The second kappa shape index (κ2) is 4.16. The zero-order chi connectivity index (χ0) is 11.6. The molecule has 0 aliphatic heterocycles. The summed E-state index contributed by atoms with van der Waals surface area (Å²) in [4.78, 5) is 14.1. The monoisotopic (exact) mass is 221 g/mol. The van der Waals surface area contributed by atoms with E-state index in [0.29, 0.717) is 6.20 Å². The second-order valence-electron chi connectivity index (χ2n) is 2.51. The van der Waals surface area contributed by atoms with Gasteiger partial charge in [-0.25, -0.2) is 22.9 Å². The summed E-state index contributed by atoms with van der Waals surface area (Å²) in [6.45, 7) is 0. The molecule has 1 N–H and O–H groups in total. The molecular weight excluding hydrogens is 215 g/mol. The average molecular weight is 221 g/mol. The zero-order valence-corrected chi connectivity index (χ0v) is 7.50. The van der Waals surface area contributed by atoms with Crippen LogP contribution in [0.1, 0.15) is 22.5 Å². The first kappa shape index (κ1) is 11.3. The highest BCUT2D eigenvalue weighted by Crippen LogP contribution is 2.32. The van der Waals surface area contributed by atoms with Crippen molar-refractivity contribution in [2.75, 3.05) is 7.11 Å². The van der Waals surface area contributed by atoms with Gasteiger partial charge in [-0.1, -0.05) is 0 Å². The molecule has 0 radical (unpaired) electrons. The van der Waals surface area contributed by atoms with Gasteiger partial charge >= 0.3 is 5.97 Å². The van der Waals surface area contributed by atoms with Crippen LogP contribution in [0.15, 0.2) is 6.20 Å². The third-order valence-electron chi connectivity index (χ3n) is 1.64. The van der Waals surface area contributed by atoms with Crippen molar-refractivity contribution < 1.29 is 27.8 Å². The standard InChI is InChI=1S/C8H6F3NO3/c1-15-8(14)5-6(13)4(7(10)11)3(9)2-12-5/h2,7,13H,1H3. The van der Waals surface area contributed by atoms with E-state index >= 15 is 0 Å². The number of hydrogen-bond donors (Lipinski definition) is 1. The lowest BCUT2D eigenvalue weighted by Gasteiger charge is -2.07. The van der Waals surface area contributed by atoms with Crippen molar-refractivity contribution in [1.82, 2.24) is 4.98 Å². The Morgan fingerprint density at radius 1 is 1.60 bits per heavy atom. The Hall–Kier alpha value is -1.79. The average Bonchev–Trinajstić information content (AvgIpc) is 2.16. The van der Waals surface area contributed by atoms with E-state index in [4.69, 9.17) is 5.11 Å². The van der Waals surface area contributed by atoms with E-state index in [1.165, 1.54) is 0 Å². The third-order valence-corrected chi connectivity index (χ3v) is 1.64. The third kappa shape index (κ3) is 2.00. The van der Waals surface area contributed by atoms with Crippen molar-refractivity contribution >= 4 is 5.97 Å². The number of carbonyl (C=O) groups is 1. The van der Waals surface area contributed by atoms with Gasteiger partial charge < -0.3 is 9.84 Å². The SMILES string of the molecule is COC(=O)c1ncc(F)c(C(F)F)c1O. The maximum atomic E-state index is 12.8. The van der Waals surface area contributed by atoms with Gasteiger partial charge in [-0.2, -0.15) is 0 Å². The lowest BCUT2D eigenvalue weighted by molar-refractivity contribution is 0.0588. The predicted molar refractivity (Wildman–Crippen MR) is 42.2 cm³/mol. The molecule has 0 saturated heterocycles. The minimum Gasteiger partial charge on any atom is -0.505 e. The van der Waals surface area contributed by atoms with E-state index < -0.39 is 35.2 Å². The number of esters is 1. The van der Waals surface area contributed by atoms with Gasteiger partial charge in [-0.05, 0) is 0 Å². The van der Waals surface area contributed by atoms with Crippen LogP contribution in [0.3, 0.4) is 0 Å². The molecule has 0 aromatic carbocycles. The van der Waals surface area contributed by atoms with Crippen LogP contribution < -0.4 is 0 Å². The topological polar surface area (TPSA) is 59.4 Å². The van der Waals surface area contributed by atoms with Gasteiger partial charge in [-0.15, -0.1) is 0 Å². The minimum absolute atomic E-state index is 0.424. The molecule has 1 heterocycles. The zero-order valence-electron chi connectivity index (χ0n) is 7.50. The highest BCUT2D eigenvalue weighted by atomic mass is 19.3. The quantitative estimate of drug-likeness (QED) is 0.771. The number of alkyl halides is 2. The molecule has 0 fully saturated rings.